The molecule has 1 aliphatic heterocycles. The van der Waals surface area contributed by atoms with Gasteiger partial charge in [0.2, 0.25) is 11.8 Å². The molecule has 2 fully saturated rings. The highest BCUT2D eigenvalue weighted by Gasteiger charge is 2.53. The van der Waals surface area contributed by atoms with Gasteiger partial charge in [0.15, 0.2) is 0 Å². The van der Waals surface area contributed by atoms with Crippen molar-refractivity contribution < 1.29 is 9.59 Å². The molecule has 2 aliphatic rings. The third-order valence-corrected chi connectivity index (χ3v) is 8.79. The van der Waals surface area contributed by atoms with Crippen LogP contribution in [0.5, 0.6) is 0 Å². The average Bonchev–Trinajstić information content (AvgIpc) is 3.73. The summed E-state index contributed by atoms with van der Waals surface area (Å²) in [6, 6.07) is 13.3. The van der Waals surface area contributed by atoms with Gasteiger partial charge in [-0.15, -0.1) is 0 Å². The standard InChI is InChI=1S/C30H36Cl3N3O2/c1-35(29(38)30(15-16-30)23-7-9-24(31)10-8-23)25-13-19-36(20-14-25)18-4-2-3-17-34-28(37)12-6-22-5-11-26(32)27(33)21-22/h5-12,21,25H,2-4,13-20H2,1H3,(H,34,37)/b12-6+. The van der Waals surface area contributed by atoms with Gasteiger partial charge in [-0.2, -0.15) is 0 Å². The minimum Gasteiger partial charge on any atom is -0.353 e. The quantitative estimate of drug-likeness (QED) is 0.242. The van der Waals surface area contributed by atoms with Crippen molar-refractivity contribution in [2.24, 2.45) is 0 Å². The largest absolute Gasteiger partial charge is 0.353 e. The van der Waals surface area contributed by atoms with Gasteiger partial charge < -0.3 is 15.1 Å². The van der Waals surface area contributed by atoms with Crippen LogP contribution in [0.3, 0.4) is 0 Å². The van der Waals surface area contributed by atoms with Gasteiger partial charge in [0.25, 0.3) is 0 Å². The van der Waals surface area contributed by atoms with Crippen molar-refractivity contribution in [2.75, 3.05) is 33.2 Å². The molecule has 1 heterocycles. The molecule has 8 heteroatoms. The number of carbonyl (C=O) groups excluding carboxylic acids is 2. The summed E-state index contributed by atoms with van der Waals surface area (Å²) in [4.78, 5) is 29.9. The van der Waals surface area contributed by atoms with Gasteiger partial charge in [-0.3, -0.25) is 9.59 Å². The molecule has 2 aromatic carbocycles. The maximum Gasteiger partial charge on any atom is 0.243 e. The maximum atomic E-state index is 13.4. The highest BCUT2D eigenvalue weighted by atomic mass is 35.5. The molecule has 1 aliphatic carbocycles. The molecule has 0 spiro atoms. The number of unbranched alkanes of at least 4 members (excludes halogenated alkanes) is 2. The lowest BCUT2D eigenvalue weighted by Gasteiger charge is -2.38. The Balaban J connectivity index is 1.09. The Morgan fingerprint density at radius 3 is 2.37 bits per heavy atom. The summed E-state index contributed by atoms with van der Waals surface area (Å²) in [6.07, 6.45) is 10.2. The van der Waals surface area contributed by atoms with E-state index in [2.05, 4.69) is 10.2 Å². The first-order valence-electron chi connectivity index (χ1n) is 13.5. The van der Waals surface area contributed by atoms with E-state index in [1.54, 1.807) is 18.2 Å². The van der Waals surface area contributed by atoms with Crippen LogP contribution < -0.4 is 5.32 Å². The van der Waals surface area contributed by atoms with Crippen molar-refractivity contribution >= 4 is 52.7 Å². The second kappa shape index (κ2) is 13.3. The Kier molecular flexibility index (Phi) is 10.2. The van der Waals surface area contributed by atoms with Crippen molar-refractivity contribution in [1.29, 1.82) is 0 Å². The topological polar surface area (TPSA) is 52.7 Å². The number of likely N-dealkylation sites (N-methyl/N-ethyl adjacent to an activating group) is 1. The zero-order valence-corrected chi connectivity index (χ0v) is 24.2. The van der Waals surface area contributed by atoms with E-state index in [0.717, 1.165) is 75.7 Å². The van der Waals surface area contributed by atoms with Crippen LogP contribution in [0.4, 0.5) is 0 Å². The number of nitrogens with one attached hydrogen (secondary N) is 1. The molecular formula is C30H36Cl3N3O2. The van der Waals surface area contributed by atoms with Crippen LogP contribution in [-0.2, 0) is 15.0 Å². The Morgan fingerprint density at radius 1 is 1.00 bits per heavy atom. The van der Waals surface area contributed by atoms with E-state index in [1.807, 2.05) is 42.3 Å². The smallest absolute Gasteiger partial charge is 0.243 e. The summed E-state index contributed by atoms with van der Waals surface area (Å²) in [6.45, 7) is 3.76. The van der Waals surface area contributed by atoms with Crippen LogP contribution in [0.25, 0.3) is 6.08 Å². The molecule has 1 saturated carbocycles. The average molecular weight is 577 g/mol. The summed E-state index contributed by atoms with van der Waals surface area (Å²) < 4.78 is 0. The highest BCUT2D eigenvalue weighted by molar-refractivity contribution is 6.42. The van der Waals surface area contributed by atoms with Crippen molar-refractivity contribution in [3.63, 3.8) is 0 Å². The number of carbonyl (C=O) groups is 2. The van der Waals surface area contributed by atoms with Gasteiger partial charge in [-0.1, -0.05) is 59.4 Å². The number of piperidine rings is 1. The first-order valence-corrected chi connectivity index (χ1v) is 14.6. The van der Waals surface area contributed by atoms with E-state index in [1.165, 1.54) is 6.08 Å². The van der Waals surface area contributed by atoms with Crippen LogP contribution in [0.2, 0.25) is 15.1 Å². The van der Waals surface area contributed by atoms with Crippen molar-refractivity contribution in [1.82, 2.24) is 15.1 Å². The Bertz CT molecular complexity index is 1140. The fourth-order valence-corrected chi connectivity index (χ4v) is 5.68. The second-order valence-electron chi connectivity index (χ2n) is 10.4. The molecule has 1 N–H and O–H groups in total. The molecule has 2 aromatic rings. The molecule has 0 unspecified atom stereocenters. The number of hydrogen-bond acceptors (Lipinski definition) is 3. The molecule has 0 bridgehead atoms. The van der Waals surface area contributed by atoms with Gasteiger partial charge in [-0.05, 0) is 86.5 Å². The summed E-state index contributed by atoms with van der Waals surface area (Å²) >= 11 is 18.0. The number of nitrogens with zero attached hydrogens (tertiary/aromatic N) is 2. The van der Waals surface area contributed by atoms with E-state index in [-0.39, 0.29) is 17.2 Å². The van der Waals surface area contributed by atoms with Crippen LogP contribution in [-0.4, -0.2) is 60.9 Å². The van der Waals surface area contributed by atoms with Crippen LogP contribution >= 0.6 is 34.8 Å². The molecule has 0 atom stereocenters. The molecule has 38 heavy (non-hydrogen) atoms. The van der Waals surface area contributed by atoms with Crippen molar-refractivity contribution in [3.8, 4) is 0 Å². The minimum atomic E-state index is -0.342. The van der Waals surface area contributed by atoms with Crippen molar-refractivity contribution in [3.05, 3.63) is 74.7 Å². The molecule has 5 nitrogen and oxygen atoms in total. The van der Waals surface area contributed by atoms with Gasteiger partial charge in [0.1, 0.15) is 0 Å². The maximum absolute atomic E-state index is 13.4. The Labute approximate surface area is 241 Å². The van der Waals surface area contributed by atoms with E-state index in [0.29, 0.717) is 27.7 Å². The molecular weight excluding hydrogens is 541 g/mol. The molecule has 1 saturated heterocycles. The summed E-state index contributed by atoms with van der Waals surface area (Å²) in [5.74, 6) is 0.146. The van der Waals surface area contributed by atoms with E-state index < -0.39 is 0 Å². The number of amides is 2. The lowest BCUT2D eigenvalue weighted by atomic mass is 9.92. The predicted molar refractivity (Wildman–Crippen MR) is 157 cm³/mol. The number of rotatable bonds is 11. The summed E-state index contributed by atoms with van der Waals surface area (Å²) in [5, 5.41) is 4.61. The van der Waals surface area contributed by atoms with Gasteiger partial charge in [0.05, 0.1) is 15.5 Å². The Hall–Kier alpha value is -2.05. The zero-order chi connectivity index (χ0) is 27.1. The molecule has 204 valence electrons. The van der Waals surface area contributed by atoms with E-state index in [9.17, 15) is 9.59 Å². The third kappa shape index (κ3) is 7.53. The summed E-state index contributed by atoms with van der Waals surface area (Å²) in [5.41, 5.74) is 1.59. The first kappa shape index (κ1) is 28.9. The van der Waals surface area contributed by atoms with Crippen molar-refractivity contribution in [2.45, 2.75) is 56.4 Å². The predicted octanol–water partition coefficient (Wildman–Crippen LogP) is 6.60. The van der Waals surface area contributed by atoms with E-state index >= 15 is 0 Å². The van der Waals surface area contributed by atoms with Crippen LogP contribution in [0.1, 0.15) is 56.1 Å². The molecule has 2 amide bonds. The SMILES string of the molecule is CN(C(=O)C1(c2ccc(Cl)cc2)CC1)C1CCN(CCCCCNC(=O)/C=C/c2ccc(Cl)c(Cl)c2)CC1. The molecule has 4 rings (SSSR count). The highest BCUT2D eigenvalue weighted by Crippen LogP contribution is 2.50. The minimum absolute atomic E-state index is 0.110. The van der Waals surface area contributed by atoms with Gasteiger partial charge in [-0.25, -0.2) is 0 Å². The number of likely N-dealkylation sites (tertiary alicyclic amines) is 1. The monoisotopic (exact) mass is 575 g/mol. The first-order chi connectivity index (χ1) is 18.3. The fraction of sp³-hybridized carbons (Fsp3) is 0.467. The van der Waals surface area contributed by atoms with Crippen LogP contribution in [0.15, 0.2) is 48.5 Å². The zero-order valence-electron chi connectivity index (χ0n) is 21.9. The Morgan fingerprint density at radius 2 is 1.71 bits per heavy atom. The number of benzene rings is 2. The fourth-order valence-electron chi connectivity index (χ4n) is 5.25. The second-order valence-corrected chi connectivity index (χ2v) is 11.7. The lowest BCUT2D eigenvalue weighted by molar-refractivity contribution is -0.135. The normalized spacial score (nSPS) is 17.5. The van der Waals surface area contributed by atoms with Gasteiger partial charge >= 0.3 is 0 Å². The lowest BCUT2D eigenvalue weighted by Crippen LogP contribution is -2.48. The number of halogens is 3. The number of hydrogen-bond donors (Lipinski definition) is 1. The van der Waals surface area contributed by atoms with Crippen LogP contribution in [0, 0.1) is 0 Å². The molecule has 0 aromatic heterocycles. The third-order valence-electron chi connectivity index (χ3n) is 7.80. The van der Waals surface area contributed by atoms with Gasteiger partial charge in [0, 0.05) is 43.8 Å². The molecule has 0 radical (unpaired) electrons. The summed E-state index contributed by atoms with van der Waals surface area (Å²) in [7, 11) is 1.98. The van der Waals surface area contributed by atoms with E-state index in [4.69, 9.17) is 34.8 Å².